The number of nitrogens with two attached hydrogens (primary N) is 1. The number of sulfonamides is 1. The molecule has 116 valence electrons. The van der Waals surface area contributed by atoms with Crippen LogP contribution in [0.25, 0.3) is 0 Å². The van der Waals surface area contributed by atoms with Crippen molar-refractivity contribution >= 4 is 21.6 Å². The Hall–Kier alpha value is -2.27. The summed E-state index contributed by atoms with van der Waals surface area (Å²) in [5, 5.41) is 18.0. The number of carbonyl (C=O) groups excluding carboxylic acids is 1. The van der Waals surface area contributed by atoms with Crippen LogP contribution in [0.5, 0.6) is 5.75 Å². The predicted molar refractivity (Wildman–Crippen MR) is 68.6 cm³/mol. The molecule has 0 aliphatic rings. The van der Waals surface area contributed by atoms with Crippen molar-refractivity contribution in [2.45, 2.75) is 11.8 Å². The molecule has 0 bridgehead atoms. The number of amides is 1. The number of hydrogen-bond donors (Lipinski definition) is 2. The standard InChI is InChI=1S/C10H12FN3O6S/c1-2-13-10(15)5-20-8-3-6(11)9(21(12,18)19)4-7(8)14(16)17/h3-4H,2,5H2,1H3,(H,13,15)(H2,12,18,19). The Morgan fingerprint density at radius 2 is 2.14 bits per heavy atom. The van der Waals surface area contributed by atoms with Gasteiger partial charge in [0.15, 0.2) is 6.61 Å². The van der Waals surface area contributed by atoms with Crippen LogP contribution in [0.15, 0.2) is 17.0 Å². The number of ether oxygens (including phenoxy) is 1. The van der Waals surface area contributed by atoms with E-state index in [2.05, 4.69) is 5.32 Å². The number of rotatable bonds is 6. The summed E-state index contributed by atoms with van der Waals surface area (Å²) in [7, 11) is -4.46. The number of nitrogens with one attached hydrogen (secondary N) is 1. The third-order valence-corrected chi connectivity index (χ3v) is 3.18. The molecule has 0 fully saturated rings. The summed E-state index contributed by atoms with van der Waals surface area (Å²) in [5.41, 5.74) is -0.815. The SMILES string of the molecule is CCNC(=O)COc1cc(F)c(S(N)(=O)=O)cc1[N+](=O)[O-]. The van der Waals surface area contributed by atoms with E-state index in [0.717, 1.165) is 0 Å². The number of halogens is 1. The van der Waals surface area contributed by atoms with Gasteiger partial charge in [-0.2, -0.15) is 0 Å². The maximum atomic E-state index is 13.6. The molecule has 21 heavy (non-hydrogen) atoms. The first-order valence-corrected chi connectivity index (χ1v) is 7.11. The molecule has 1 amide bonds. The van der Waals surface area contributed by atoms with Crippen molar-refractivity contribution in [3.8, 4) is 5.75 Å². The van der Waals surface area contributed by atoms with Crippen molar-refractivity contribution in [1.29, 1.82) is 0 Å². The summed E-state index contributed by atoms with van der Waals surface area (Å²) in [6, 6.07) is 0.939. The number of nitrogens with zero attached hydrogens (tertiary/aromatic N) is 1. The molecule has 1 rings (SSSR count). The number of carbonyl (C=O) groups is 1. The molecule has 3 N–H and O–H groups in total. The first-order valence-electron chi connectivity index (χ1n) is 5.57. The van der Waals surface area contributed by atoms with Gasteiger partial charge in [0.2, 0.25) is 15.8 Å². The van der Waals surface area contributed by atoms with E-state index in [1.807, 2.05) is 0 Å². The van der Waals surface area contributed by atoms with Crippen molar-refractivity contribution in [3.05, 3.63) is 28.1 Å². The van der Waals surface area contributed by atoms with Crippen molar-refractivity contribution in [1.82, 2.24) is 5.32 Å². The molecule has 0 spiro atoms. The van der Waals surface area contributed by atoms with Gasteiger partial charge in [-0.1, -0.05) is 0 Å². The van der Waals surface area contributed by atoms with Crippen LogP contribution in [0, 0.1) is 15.9 Å². The molecule has 0 aliphatic heterocycles. The second-order valence-corrected chi connectivity index (χ2v) is 5.32. The number of primary sulfonamides is 1. The molecule has 0 saturated heterocycles. The Balaban J connectivity index is 3.18. The van der Waals surface area contributed by atoms with Crippen molar-refractivity contribution in [2.75, 3.05) is 13.2 Å². The largest absolute Gasteiger partial charge is 0.477 e. The zero-order valence-corrected chi connectivity index (χ0v) is 11.6. The molecule has 0 heterocycles. The molecule has 1 aromatic carbocycles. The lowest BCUT2D eigenvalue weighted by atomic mass is 10.3. The zero-order valence-electron chi connectivity index (χ0n) is 10.8. The van der Waals surface area contributed by atoms with Gasteiger partial charge in [0.05, 0.1) is 4.92 Å². The summed E-state index contributed by atoms with van der Waals surface area (Å²) in [6.45, 7) is 1.40. The number of benzene rings is 1. The van der Waals surface area contributed by atoms with Crippen LogP contribution in [0.2, 0.25) is 0 Å². The van der Waals surface area contributed by atoms with E-state index in [1.165, 1.54) is 0 Å². The second kappa shape index (κ2) is 6.45. The van der Waals surface area contributed by atoms with Crippen LogP contribution in [0.3, 0.4) is 0 Å². The summed E-state index contributed by atoms with van der Waals surface area (Å²) in [4.78, 5) is 20.0. The minimum Gasteiger partial charge on any atom is -0.477 e. The second-order valence-electron chi connectivity index (χ2n) is 3.79. The number of nitro benzene ring substituents is 1. The Morgan fingerprint density at radius 1 is 1.52 bits per heavy atom. The molecule has 0 aromatic heterocycles. The van der Waals surface area contributed by atoms with Crippen molar-refractivity contribution < 1.29 is 27.3 Å². The first kappa shape index (κ1) is 16.8. The monoisotopic (exact) mass is 321 g/mol. The lowest BCUT2D eigenvalue weighted by Gasteiger charge is -2.08. The normalized spacial score (nSPS) is 11.0. The van der Waals surface area contributed by atoms with E-state index in [-0.39, 0.29) is 0 Å². The van der Waals surface area contributed by atoms with Gasteiger partial charge in [-0.25, -0.2) is 17.9 Å². The van der Waals surface area contributed by atoms with Crippen LogP contribution >= 0.6 is 0 Å². The van der Waals surface area contributed by atoms with E-state index >= 15 is 0 Å². The summed E-state index contributed by atoms with van der Waals surface area (Å²) in [6.07, 6.45) is 0. The lowest BCUT2D eigenvalue weighted by Crippen LogP contribution is -2.28. The van der Waals surface area contributed by atoms with Gasteiger partial charge in [0.1, 0.15) is 10.7 Å². The summed E-state index contributed by atoms with van der Waals surface area (Å²) < 4.78 is 40.6. The van der Waals surface area contributed by atoms with Crippen LogP contribution in [0.1, 0.15) is 6.92 Å². The maximum Gasteiger partial charge on any atom is 0.312 e. The van der Waals surface area contributed by atoms with Gasteiger partial charge in [-0.05, 0) is 6.92 Å². The highest BCUT2D eigenvalue weighted by atomic mass is 32.2. The zero-order chi connectivity index (χ0) is 16.2. The topological polar surface area (TPSA) is 142 Å². The highest BCUT2D eigenvalue weighted by Gasteiger charge is 2.25. The maximum absolute atomic E-state index is 13.6. The van der Waals surface area contributed by atoms with E-state index < -0.39 is 49.6 Å². The van der Waals surface area contributed by atoms with Crippen LogP contribution in [-0.2, 0) is 14.8 Å². The fraction of sp³-hybridized carbons (Fsp3) is 0.300. The van der Waals surface area contributed by atoms with E-state index in [1.54, 1.807) is 6.92 Å². The lowest BCUT2D eigenvalue weighted by molar-refractivity contribution is -0.386. The quantitative estimate of drug-likeness (QED) is 0.553. The van der Waals surface area contributed by atoms with E-state index in [4.69, 9.17) is 9.88 Å². The van der Waals surface area contributed by atoms with E-state index in [0.29, 0.717) is 18.7 Å². The molecule has 11 heteroatoms. The molecule has 0 saturated carbocycles. The van der Waals surface area contributed by atoms with Gasteiger partial charge >= 0.3 is 5.69 Å². The Labute approximate surface area is 119 Å². The Kier molecular flexibility index (Phi) is 5.16. The van der Waals surface area contributed by atoms with Crippen molar-refractivity contribution in [3.63, 3.8) is 0 Å². The highest BCUT2D eigenvalue weighted by Crippen LogP contribution is 2.31. The molecule has 0 aliphatic carbocycles. The number of nitro groups is 1. The first-order chi connectivity index (χ1) is 9.66. The average Bonchev–Trinajstić information content (AvgIpc) is 2.34. The van der Waals surface area contributed by atoms with Gasteiger partial charge < -0.3 is 10.1 Å². The number of hydrogen-bond acceptors (Lipinski definition) is 6. The predicted octanol–water partition coefficient (Wildman–Crippen LogP) is -0.104. The number of likely N-dealkylation sites (N-methyl/N-ethyl adjacent to an activating group) is 1. The highest BCUT2D eigenvalue weighted by molar-refractivity contribution is 7.89. The minimum atomic E-state index is -4.46. The molecule has 0 radical (unpaired) electrons. The van der Waals surface area contributed by atoms with Crippen LogP contribution < -0.4 is 15.2 Å². The summed E-state index contributed by atoms with van der Waals surface area (Å²) >= 11 is 0. The third kappa shape index (κ3) is 4.36. The average molecular weight is 321 g/mol. The molecule has 1 aromatic rings. The summed E-state index contributed by atoms with van der Waals surface area (Å²) in [5.74, 6) is -2.45. The fourth-order valence-corrected chi connectivity index (χ4v) is 2.00. The van der Waals surface area contributed by atoms with Gasteiger partial charge in [-0.15, -0.1) is 0 Å². The van der Waals surface area contributed by atoms with E-state index in [9.17, 15) is 27.7 Å². The third-order valence-electron chi connectivity index (χ3n) is 2.25. The fourth-order valence-electron chi connectivity index (χ4n) is 1.39. The van der Waals surface area contributed by atoms with Crippen LogP contribution in [0.4, 0.5) is 10.1 Å². The molecule has 9 nitrogen and oxygen atoms in total. The van der Waals surface area contributed by atoms with Crippen LogP contribution in [-0.4, -0.2) is 32.4 Å². The van der Waals surface area contributed by atoms with Gasteiger partial charge in [0.25, 0.3) is 5.91 Å². The van der Waals surface area contributed by atoms with Crippen molar-refractivity contribution in [2.24, 2.45) is 5.14 Å². The molecular formula is C10H12FN3O6S. The molecule has 0 unspecified atom stereocenters. The van der Waals surface area contributed by atoms with Gasteiger partial charge in [-0.3, -0.25) is 14.9 Å². The molecular weight excluding hydrogens is 309 g/mol. The molecule has 0 atom stereocenters. The Bertz CT molecular complexity index is 676. The minimum absolute atomic E-state index is 0.322. The smallest absolute Gasteiger partial charge is 0.312 e. The van der Waals surface area contributed by atoms with Gasteiger partial charge in [0, 0.05) is 18.7 Å². The Morgan fingerprint density at radius 3 is 2.62 bits per heavy atom.